The van der Waals surface area contributed by atoms with E-state index in [9.17, 15) is 31.9 Å². The van der Waals surface area contributed by atoms with Crippen LogP contribution >= 0.6 is 58.0 Å². The van der Waals surface area contributed by atoms with Crippen molar-refractivity contribution in [3.8, 4) is 0 Å². The summed E-state index contributed by atoms with van der Waals surface area (Å²) in [5, 5.41) is 6.63. The number of anilines is 3. The molecule has 41 heavy (non-hydrogen) atoms. The first-order valence-electron chi connectivity index (χ1n) is 11.5. The van der Waals surface area contributed by atoms with E-state index >= 15 is 0 Å². The Kier molecular flexibility index (Phi) is 9.01. The van der Waals surface area contributed by atoms with Gasteiger partial charge < -0.3 is 16.0 Å². The van der Waals surface area contributed by atoms with Crippen molar-refractivity contribution in [2.24, 2.45) is 5.92 Å². The Morgan fingerprint density at radius 2 is 1.59 bits per heavy atom. The molecule has 3 N–H and O–H groups in total. The molecule has 0 saturated heterocycles. The van der Waals surface area contributed by atoms with Gasteiger partial charge in [0, 0.05) is 11.6 Å². The van der Waals surface area contributed by atoms with E-state index in [0.717, 1.165) is 6.07 Å². The highest BCUT2D eigenvalue weighted by molar-refractivity contribution is 6.53. The standard InChI is InChI=1S/C26H16Cl5F4N3O3/c1-9-6-11(36-24(40)18-17(26(18,30)31)10-2-3-13(27)14(28)7-10)8-12(19(9)29)23(39)38-21-15(32)4-5-16(20(21)33)37-25(41)22(34)35/h2-8,17-18,22H,1H3,(H,36,40)(H,37,41)(H,38,39)/t17-,18?/m0/s1. The molecule has 0 aromatic heterocycles. The zero-order valence-corrected chi connectivity index (χ0v) is 24.2. The molecule has 0 spiro atoms. The molecule has 2 atom stereocenters. The minimum atomic E-state index is -3.46. The van der Waals surface area contributed by atoms with Gasteiger partial charge in [0.2, 0.25) is 5.91 Å². The average Bonchev–Trinajstić information content (AvgIpc) is 3.48. The number of hydrogen-bond acceptors (Lipinski definition) is 3. The van der Waals surface area contributed by atoms with E-state index in [0.29, 0.717) is 28.3 Å². The normalized spacial score (nSPS) is 17.2. The zero-order chi connectivity index (χ0) is 30.4. The van der Waals surface area contributed by atoms with Gasteiger partial charge in [0.25, 0.3) is 11.8 Å². The Balaban J connectivity index is 1.56. The van der Waals surface area contributed by atoms with Crippen molar-refractivity contribution < 1.29 is 31.9 Å². The smallest absolute Gasteiger partial charge is 0.315 e. The van der Waals surface area contributed by atoms with E-state index in [-0.39, 0.29) is 21.3 Å². The Hall–Kier alpha value is -2.76. The predicted molar refractivity (Wildman–Crippen MR) is 151 cm³/mol. The van der Waals surface area contributed by atoms with Crippen molar-refractivity contribution in [3.05, 3.63) is 85.9 Å². The summed E-state index contributed by atoms with van der Waals surface area (Å²) in [5.41, 5.74) is -1.13. The Bertz CT molecular complexity index is 1590. The largest absolute Gasteiger partial charge is 0.326 e. The van der Waals surface area contributed by atoms with Crippen LogP contribution in [0.5, 0.6) is 0 Å². The lowest BCUT2D eigenvalue weighted by molar-refractivity contribution is -0.126. The number of hydrogen-bond donors (Lipinski definition) is 3. The second-order valence-electron chi connectivity index (χ2n) is 8.98. The highest BCUT2D eigenvalue weighted by Gasteiger charge is 2.67. The number of rotatable bonds is 7. The molecule has 3 aromatic rings. The van der Waals surface area contributed by atoms with Crippen molar-refractivity contribution in [2.45, 2.75) is 23.6 Å². The van der Waals surface area contributed by atoms with Crippen LogP contribution in [0.4, 0.5) is 34.6 Å². The van der Waals surface area contributed by atoms with E-state index in [1.165, 1.54) is 19.1 Å². The number of carbonyl (C=O) groups is 3. The van der Waals surface area contributed by atoms with Gasteiger partial charge >= 0.3 is 6.43 Å². The lowest BCUT2D eigenvalue weighted by atomic mass is 10.1. The summed E-state index contributed by atoms with van der Waals surface area (Å²) in [6.45, 7) is 1.51. The summed E-state index contributed by atoms with van der Waals surface area (Å²) in [7, 11) is 0. The fourth-order valence-corrected chi connectivity index (χ4v) is 5.46. The number of nitrogens with one attached hydrogen (secondary N) is 3. The summed E-state index contributed by atoms with van der Waals surface area (Å²) in [6.07, 6.45) is -3.46. The Morgan fingerprint density at radius 3 is 2.22 bits per heavy atom. The fraction of sp³-hybridized carbons (Fsp3) is 0.192. The Morgan fingerprint density at radius 1 is 0.902 bits per heavy atom. The lowest BCUT2D eigenvalue weighted by Gasteiger charge is -2.14. The molecule has 6 nitrogen and oxygen atoms in total. The first-order chi connectivity index (χ1) is 19.1. The van der Waals surface area contributed by atoms with E-state index < -0.39 is 63.3 Å². The number of benzene rings is 3. The fourth-order valence-electron chi connectivity index (χ4n) is 4.13. The minimum absolute atomic E-state index is 0.0878. The third-order valence-corrected chi connectivity index (χ3v) is 8.37. The molecule has 0 bridgehead atoms. The van der Waals surface area contributed by atoms with Crippen molar-refractivity contribution in [3.63, 3.8) is 0 Å². The summed E-state index contributed by atoms with van der Waals surface area (Å²) in [4.78, 5) is 37.3. The molecule has 216 valence electrons. The lowest BCUT2D eigenvalue weighted by Crippen LogP contribution is -2.22. The molecule has 0 radical (unpaired) electrons. The van der Waals surface area contributed by atoms with E-state index in [1.54, 1.807) is 17.4 Å². The van der Waals surface area contributed by atoms with Gasteiger partial charge in [-0.15, -0.1) is 23.2 Å². The summed E-state index contributed by atoms with van der Waals surface area (Å²) < 4.78 is 52.8. The predicted octanol–water partition coefficient (Wildman–Crippen LogP) is 8.22. The number of aryl methyl sites for hydroxylation is 1. The first-order valence-corrected chi connectivity index (χ1v) is 13.3. The highest BCUT2D eigenvalue weighted by Crippen LogP contribution is 2.65. The molecule has 3 aromatic carbocycles. The number of carbonyl (C=O) groups excluding carboxylic acids is 3. The molecular formula is C26H16Cl5F4N3O3. The highest BCUT2D eigenvalue weighted by atomic mass is 35.5. The van der Waals surface area contributed by atoms with Crippen molar-refractivity contribution in [1.29, 1.82) is 0 Å². The summed E-state index contributed by atoms with van der Waals surface area (Å²) in [5.74, 6) is -7.83. The molecule has 3 amide bonds. The van der Waals surface area contributed by atoms with Crippen LogP contribution in [-0.2, 0) is 9.59 Å². The maximum Gasteiger partial charge on any atom is 0.315 e. The molecule has 4 rings (SSSR count). The zero-order valence-electron chi connectivity index (χ0n) is 20.4. The van der Waals surface area contributed by atoms with Gasteiger partial charge in [-0.1, -0.05) is 40.9 Å². The molecule has 1 aliphatic rings. The van der Waals surface area contributed by atoms with Crippen molar-refractivity contribution in [1.82, 2.24) is 0 Å². The monoisotopic (exact) mass is 669 g/mol. The SMILES string of the molecule is Cc1cc(NC(=O)C2[C@H](c3ccc(Cl)c(Cl)c3)C2(Cl)Cl)cc(C(=O)Nc2c(F)ccc(NC(=O)C(F)F)c2F)c1Cl. The van der Waals surface area contributed by atoms with Crippen LogP contribution in [0.15, 0.2) is 42.5 Å². The molecule has 1 unspecified atom stereocenters. The molecule has 1 saturated carbocycles. The van der Waals surface area contributed by atoms with Crippen molar-refractivity contribution in [2.75, 3.05) is 16.0 Å². The van der Waals surface area contributed by atoms with Crippen molar-refractivity contribution >= 4 is 92.8 Å². The quantitative estimate of drug-likeness (QED) is 0.175. The van der Waals surface area contributed by atoms with Crippen LogP contribution < -0.4 is 16.0 Å². The van der Waals surface area contributed by atoms with Gasteiger partial charge in [0.15, 0.2) is 5.82 Å². The van der Waals surface area contributed by atoms with Gasteiger partial charge in [0.1, 0.15) is 15.8 Å². The van der Waals surface area contributed by atoms with Crippen LogP contribution in [0, 0.1) is 24.5 Å². The molecule has 0 aliphatic heterocycles. The average molecular weight is 672 g/mol. The summed E-state index contributed by atoms with van der Waals surface area (Å²) in [6, 6.07) is 8.69. The van der Waals surface area contributed by atoms with Gasteiger partial charge in [0.05, 0.1) is 32.2 Å². The number of amides is 3. The Labute approximate surface area is 255 Å². The molecule has 1 aliphatic carbocycles. The maximum absolute atomic E-state index is 14.8. The maximum atomic E-state index is 14.8. The minimum Gasteiger partial charge on any atom is -0.326 e. The van der Waals surface area contributed by atoms with Gasteiger partial charge in [-0.3, -0.25) is 14.4 Å². The number of halogens is 9. The molecular weight excluding hydrogens is 656 g/mol. The summed E-state index contributed by atoms with van der Waals surface area (Å²) >= 11 is 31.1. The number of alkyl halides is 4. The second-order valence-corrected chi connectivity index (χ2v) is 11.6. The van der Waals surface area contributed by atoms with Crippen LogP contribution in [0.25, 0.3) is 0 Å². The molecule has 0 heterocycles. The third-order valence-electron chi connectivity index (χ3n) is 6.19. The van der Waals surface area contributed by atoms with Gasteiger partial charge in [-0.05, 0) is 54.4 Å². The molecule has 1 fully saturated rings. The van der Waals surface area contributed by atoms with E-state index in [1.807, 2.05) is 5.32 Å². The van der Waals surface area contributed by atoms with E-state index in [4.69, 9.17) is 58.0 Å². The second kappa shape index (κ2) is 11.9. The topological polar surface area (TPSA) is 87.3 Å². The van der Waals surface area contributed by atoms with Gasteiger partial charge in [-0.2, -0.15) is 8.78 Å². The van der Waals surface area contributed by atoms with Gasteiger partial charge in [-0.25, -0.2) is 8.78 Å². The third kappa shape index (κ3) is 6.36. The van der Waals surface area contributed by atoms with Crippen LogP contribution in [0.3, 0.4) is 0 Å². The van der Waals surface area contributed by atoms with Crippen LogP contribution in [-0.4, -0.2) is 28.5 Å². The first kappa shape index (κ1) is 31.2. The molecule has 15 heteroatoms. The van der Waals surface area contributed by atoms with Crippen LogP contribution in [0.1, 0.15) is 27.4 Å². The van der Waals surface area contributed by atoms with Crippen LogP contribution in [0.2, 0.25) is 15.1 Å². The van der Waals surface area contributed by atoms with E-state index in [2.05, 4.69) is 5.32 Å².